The molecular formula is C22H18F3N3O3S. The molecule has 3 aromatic rings. The number of H-pyrrole nitrogens is 1. The van der Waals surface area contributed by atoms with E-state index in [2.05, 4.69) is 10.6 Å². The van der Waals surface area contributed by atoms with E-state index in [1.54, 1.807) is 30.3 Å². The van der Waals surface area contributed by atoms with Gasteiger partial charge in [0.1, 0.15) is 5.69 Å². The molecule has 0 radical (unpaired) electrons. The summed E-state index contributed by atoms with van der Waals surface area (Å²) in [4.78, 5) is 39.2. The molecular weight excluding hydrogens is 443 g/mol. The summed E-state index contributed by atoms with van der Waals surface area (Å²) >= 11 is 1.09. The number of anilines is 2. The van der Waals surface area contributed by atoms with Crippen LogP contribution in [0.2, 0.25) is 0 Å². The lowest BCUT2D eigenvalue weighted by atomic mass is 10.2. The van der Waals surface area contributed by atoms with Crippen molar-refractivity contribution in [2.45, 2.75) is 18.0 Å². The zero-order valence-electron chi connectivity index (χ0n) is 16.7. The molecule has 0 aliphatic heterocycles. The molecule has 0 aliphatic carbocycles. The van der Waals surface area contributed by atoms with Crippen molar-refractivity contribution in [3.63, 3.8) is 0 Å². The number of carbonyl (C=O) groups excluding carboxylic acids is 2. The number of halogens is 3. The Morgan fingerprint density at radius 2 is 1.72 bits per heavy atom. The van der Waals surface area contributed by atoms with Crippen molar-refractivity contribution < 1.29 is 22.8 Å². The molecule has 0 bridgehead atoms. The van der Waals surface area contributed by atoms with Crippen molar-refractivity contribution in [2.75, 3.05) is 16.4 Å². The minimum atomic E-state index is -4.68. The second kappa shape index (κ2) is 9.73. The number of nitrogens with one attached hydrogen (secondary N) is 3. The molecule has 6 nitrogen and oxygen atoms in total. The quantitative estimate of drug-likeness (QED) is 0.465. The standard InChI is InChI=1S/C22H18F3N3O3S/c1-13-6-8-15(9-7-13)27-19(29)12-32-18-5-3-2-4-16(18)20(30)28-17-10-14(22(23,24)25)11-26-21(17)31/h2-11H,12H2,1H3,(H,26,31)(H,27,29)(H,28,30). The van der Waals surface area contributed by atoms with Gasteiger partial charge in [-0.25, -0.2) is 0 Å². The number of thioether (sulfide) groups is 1. The number of hydrogen-bond acceptors (Lipinski definition) is 4. The van der Waals surface area contributed by atoms with Crippen molar-refractivity contribution in [1.82, 2.24) is 4.98 Å². The van der Waals surface area contributed by atoms with Gasteiger partial charge in [-0.2, -0.15) is 13.2 Å². The third kappa shape index (κ3) is 6.01. The van der Waals surface area contributed by atoms with Gasteiger partial charge in [-0.3, -0.25) is 14.4 Å². The molecule has 0 aliphatic rings. The van der Waals surface area contributed by atoms with E-state index in [-0.39, 0.29) is 17.2 Å². The van der Waals surface area contributed by atoms with Crippen LogP contribution in [0, 0.1) is 6.92 Å². The van der Waals surface area contributed by atoms with Crippen molar-refractivity contribution >= 4 is 35.0 Å². The van der Waals surface area contributed by atoms with Crippen molar-refractivity contribution in [3.05, 3.63) is 87.8 Å². The second-order valence-electron chi connectivity index (χ2n) is 6.78. The number of aromatic amines is 1. The molecule has 0 saturated carbocycles. The van der Waals surface area contributed by atoms with Crippen molar-refractivity contribution in [3.8, 4) is 0 Å². The van der Waals surface area contributed by atoms with Gasteiger partial charge in [0, 0.05) is 16.8 Å². The first-order valence-corrected chi connectivity index (χ1v) is 10.3. The summed E-state index contributed by atoms with van der Waals surface area (Å²) in [5.74, 6) is -1.05. The average molecular weight is 461 g/mol. The highest BCUT2D eigenvalue weighted by molar-refractivity contribution is 8.00. The minimum Gasteiger partial charge on any atom is -0.327 e. The number of hydrogen-bond donors (Lipinski definition) is 3. The molecule has 10 heteroatoms. The Hall–Kier alpha value is -3.53. The fourth-order valence-electron chi connectivity index (χ4n) is 2.69. The lowest BCUT2D eigenvalue weighted by Crippen LogP contribution is -2.22. The summed E-state index contributed by atoms with van der Waals surface area (Å²) in [5.41, 5.74) is -0.677. The van der Waals surface area contributed by atoms with E-state index in [9.17, 15) is 27.6 Å². The maximum absolute atomic E-state index is 12.9. The topological polar surface area (TPSA) is 91.1 Å². The van der Waals surface area contributed by atoms with Crippen LogP contribution in [0.4, 0.5) is 24.5 Å². The normalized spacial score (nSPS) is 11.1. The largest absolute Gasteiger partial charge is 0.417 e. The number of pyridine rings is 1. The number of alkyl halides is 3. The predicted molar refractivity (Wildman–Crippen MR) is 117 cm³/mol. The van der Waals surface area contributed by atoms with Crippen molar-refractivity contribution in [2.24, 2.45) is 0 Å². The molecule has 0 fully saturated rings. The van der Waals surface area contributed by atoms with E-state index in [4.69, 9.17) is 0 Å². The zero-order valence-corrected chi connectivity index (χ0v) is 17.6. The van der Waals surface area contributed by atoms with Gasteiger partial charge in [-0.15, -0.1) is 11.8 Å². The highest BCUT2D eigenvalue weighted by atomic mass is 32.2. The summed E-state index contributed by atoms with van der Waals surface area (Å²) in [6, 6.07) is 14.1. The van der Waals surface area contributed by atoms with E-state index < -0.39 is 28.9 Å². The predicted octanol–water partition coefficient (Wildman–Crippen LogP) is 4.69. The molecule has 3 rings (SSSR count). The van der Waals surface area contributed by atoms with Gasteiger partial charge in [0.05, 0.1) is 16.9 Å². The number of aryl methyl sites for hydroxylation is 1. The van der Waals surface area contributed by atoms with E-state index in [0.717, 1.165) is 17.3 Å². The summed E-state index contributed by atoms with van der Waals surface area (Å²) < 4.78 is 38.7. The third-order valence-electron chi connectivity index (χ3n) is 4.30. The maximum Gasteiger partial charge on any atom is 0.417 e. The molecule has 3 N–H and O–H groups in total. The molecule has 166 valence electrons. The van der Waals surface area contributed by atoms with Crippen LogP contribution in [-0.2, 0) is 11.0 Å². The molecule has 2 aromatic carbocycles. The Balaban J connectivity index is 1.71. The monoisotopic (exact) mass is 461 g/mol. The van der Waals surface area contributed by atoms with Crippen LogP contribution in [-0.4, -0.2) is 22.6 Å². The summed E-state index contributed by atoms with van der Waals surface area (Å²) in [6.45, 7) is 1.93. The minimum absolute atomic E-state index is 0.00229. The van der Waals surface area contributed by atoms with Crippen LogP contribution in [0.15, 0.2) is 70.5 Å². The first-order chi connectivity index (χ1) is 15.1. The van der Waals surface area contributed by atoms with Crippen LogP contribution in [0.5, 0.6) is 0 Å². The summed E-state index contributed by atoms with van der Waals surface area (Å²) in [7, 11) is 0. The van der Waals surface area contributed by atoms with Gasteiger partial charge in [-0.05, 0) is 37.3 Å². The van der Waals surface area contributed by atoms with Crippen molar-refractivity contribution in [1.29, 1.82) is 0 Å². The molecule has 1 heterocycles. The molecule has 0 saturated heterocycles. The summed E-state index contributed by atoms with van der Waals surface area (Å²) in [6.07, 6.45) is -4.14. The Kier molecular flexibility index (Phi) is 7.04. The third-order valence-corrected chi connectivity index (χ3v) is 5.38. The lowest BCUT2D eigenvalue weighted by molar-refractivity contribution is -0.137. The Morgan fingerprint density at radius 3 is 2.41 bits per heavy atom. The van der Waals surface area contributed by atoms with Gasteiger partial charge in [0.15, 0.2) is 0 Å². The smallest absolute Gasteiger partial charge is 0.327 e. The van der Waals surface area contributed by atoms with Crippen LogP contribution < -0.4 is 16.2 Å². The Labute approximate surface area is 185 Å². The Bertz CT molecular complexity index is 1190. The van der Waals surface area contributed by atoms with Gasteiger partial charge in [0.2, 0.25) is 5.91 Å². The fraction of sp³-hybridized carbons (Fsp3) is 0.136. The van der Waals surface area contributed by atoms with Crippen LogP contribution in [0.3, 0.4) is 0 Å². The van der Waals surface area contributed by atoms with Gasteiger partial charge in [0.25, 0.3) is 11.5 Å². The highest BCUT2D eigenvalue weighted by Gasteiger charge is 2.31. The molecule has 1 aromatic heterocycles. The number of amides is 2. The summed E-state index contributed by atoms with van der Waals surface area (Å²) in [5, 5.41) is 4.96. The number of rotatable bonds is 6. The molecule has 0 spiro atoms. The van der Waals surface area contributed by atoms with Gasteiger partial charge < -0.3 is 15.6 Å². The van der Waals surface area contributed by atoms with E-state index >= 15 is 0 Å². The van der Waals surface area contributed by atoms with Crippen LogP contribution in [0.25, 0.3) is 0 Å². The van der Waals surface area contributed by atoms with Gasteiger partial charge in [-0.1, -0.05) is 29.8 Å². The van der Waals surface area contributed by atoms with E-state index in [1.165, 1.54) is 6.07 Å². The van der Waals surface area contributed by atoms with E-state index in [1.807, 2.05) is 24.0 Å². The van der Waals surface area contributed by atoms with E-state index in [0.29, 0.717) is 22.8 Å². The number of benzene rings is 2. The molecule has 32 heavy (non-hydrogen) atoms. The molecule has 0 atom stereocenters. The molecule has 0 unspecified atom stereocenters. The van der Waals surface area contributed by atoms with Crippen LogP contribution >= 0.6 is 11.8 Å². The first kappa shape index (κ1) is 23.1. The number of aromatic nitrogens is 1. The zero-order chi connectivity index (χ0) is 23.3. The SMILES string of the molecule is Cc1ccc(NC(=O)CSc2ccccc2C(=O)Nc2cc(C(F)(F)F)c[nH]c2=O)cc1. The lowest BCUT2D eigenvalue weighted by Gasteiger charge is -2.11. The average Bonchev–Trinajstić information content (AvgIpc) is 2.75. The van der Waals surface area contributed by atoms with Gasteiger partial charge >= 0.3 is 6.18 Å². The molecule has 2 amide bonds. The van der Waals surface area contributed by atoms with Crippen LogP contribution in [0.1, 0.15) is 21.5 Å². The Morgan fingerprint density at radius 1 is 1.03 bits per heavy atom. The number of carbonyl (C=O) groups is 2. The first-order valence-electron chi connectivity index (χ1n) is 9.33. The fourth-order valence-corrected chi connectivity index (χ4v) is 3.54. The maximum atomic E-state index is 12.9. The highest BCUT2D eigenvalue weighted by Crippen LogP contribution is 2.29. The second-order valence-corrected chi connectivity index (χ2v) is 7.80.